The lowest BCUT2D eigenvalue weighted by atomic mass is 9.48. The van der Waals surface area contributed by atoms with Gasteiger partial charge in [0.2, 0.25) is 5.91 Å². The second-order valence-electron chi connectivity index (χ2n) is 10.5. The predicted octanol–water partition coefficient (Wildman–Crippen LogP) is 3.82. The monoisotopic (exact) mass is 407 g/mol. The molecule has 1 aromatic rings. The van der Waals surface area contributed by atoms with E-state index in [1.807, 2.05) is 24.1 Å². The Morgan fingerprint density at radius 3 is 2.77 bits per heavy atom. The number of carbonyl (C=O) groups is 2. The van der Waals surface area contributed by atoms with Crippen molar-refractivity contribution in [2.75, 3.05) is 7.05 Å². The zero-order valence-corrected chi connectivity index (χ0v) is 18.3. The summed E-state index contributed by atoms with van der Waals surface area (Å²) < 4.78 is 0. The van der Waals surface area contributed by atoms with Crippen molar-refractivity contribution in [2.45, 2.75) is 64.5 Å². The summed E-state index contributed by atoms with van der Waals surface area (Å²) in [7, 11) is 1.97. The summed E-state index contributed by atoms with van der Waals surface area (Å²) in [5.74, 6) is 2.09. The Hall–Kier alpha value is -2.17. The summed E-state index contributed by atoms with van der Waals surface area (Å²) in [6.07, 6.45) is 14.2. The Balaban J connectivity index is 1.37. The number of amides is 2. The molecule has 160 valence electrons. The molecule has 0 saturated heterocycles. The Kier molecular flexibility index (Phi) is 4.57. The van der Waals surface area contributed by atoms with Crippen molar-refractivity contribution >= 4 is 11.8 Å². The van der Waals surface area contributed by atoms with E-state index in [0.717, 1.165) is 19.3 Å². The van der Waals surface area contributed by atoms with Crippen LogP contribution in [-0.4, -0.2) is 40.8 Å². The normalized spacial score (nSPS) is 42.3. The highest BCUT2D eigenvalue weighted by atomic mass is 16.2. The van der Waals surface area contributed by atoms with Crippen molar-refractivity contribution in [3.8, 4) is 0 Å². The Morgan fingerprint density at radius 2 is 2.00 bits per heavy atom. The van der Waals surface area contributed by atoms with Crippen LogP contribution >= 0.6 is 0 Å². The van der Waals surface area contributed by atoms with Gasteiger partial charge in [0.25, 0.3) is 5.91 Å². The quantitative estimate of drug-likeness (QED) is 0.811. The van der Waals surface area contributed by atoms with Gasteiger partial charge in [-0.3, -0.25) is 14.6 Å². The molecule has 2 unspecified atom stereocenters. The zero-order valence-electron chi connectivity index (χ0n) is 18.3. The first-order valence-corrected chi connectivity index (χ1v) is 11.5. The molecule has 4 aliphatic rings. The third kappa shape index (κ3) is 2.77. The van der Waals surface area contributed by atoms with Crippen molar-refractivity contribution in [3.05, 3.63) is 42.2 Å². The fraction of sp³-hybridized carbons (Fsp3) is 0.640. The molecule has 0 spiro atoms. The number of hydrogen-bond donors (Lipinski definition) is 1. The zero-order chi connectivity index (χ0) is 21.1. The molecule has 30 heavy (non-hydrogen) atoms. The van der Waals surface area contributed by atoms with E-state index in [1.54, 1.807) is 18.5 Å². The van der Waals surface area contributed by atoms with E-state index in [2.05, 4.69) is 30.2 Å². The first kappa shape index (κ1) is 19.8. The van der Waals surface area contributed by atoms with E-state index in [9.17, 15) is 9.59 Å². The SMILES string of the molecule is CN1C(=O)C=C[C@@]2(C)C1CC[C@@H]1[C@H]2CC[C@]2(C)C(NC(=O)c3cccnc3)CC[C@@H]12. The summed E-state index contributed by atoms with van der Waals surface area (Å²) >= 11 is 0. The maximum absolute atomic E-state index is 12.8. The Morgan fingerprint density at radius 1 is 1.17 bits per heavy atom. The highest BCUT2D eigenvalue weighted by Gasteiger charge is 2.60. The minimum Gasteiger partial charge on any atom is -0.349 e. The van der Waals surface area contributed by atoms with Crippen LogP contribution in [0.5, 0.6) is 0 Å². The smallest absolute Gasteiger partial charge is 0.253 e. The number of pyridine rings is 1. The van der Waals surface area contributed by atoms with Crippen LogP contribution in [0, 0.1) is 28.6 Å². The lowest BCUT2D eigenvalue weighted by Gasteiger charge is -2.60. The largest absolute Gasteiger partial charge is 0.349 e. The van der Waals surface area contributed by atoms with E-state index in [-0.39, 0.29) is 28.7 Å². The summed E-state index contributed by atoms with van der Waals surface area (Å²) in [5.41, 5.74) is 0.873. The molecule has 5 nitrogen and oxygen atoms in total. The third-order valence-electron chi connectivity index (χ3n) is 9.36. The van der Waals surface area contributed by atoms with Crippen LogP contribution in [0.4, 0.5) is 0 Å². The Bertz CT molecular complexity index is 884. The van der Waals surface area contributed by atoms with Gasteiger partial charge in [0.15, 0.2) is 0 Å². The van der Waals surface area contributed by atoms with E-state index < -0.39 is 0 Å². The summed E-state index contributed by atoms with van der Waals surface area (Å²) in [6, 6.07) is 4.21. The van der Waals surface area contributed by atoms with E-state index in [1.165, 1.54) is 19.3 Å². The lowest BCUT2D eigenvalue weighted by Crippen LogP contribution is -2.60. The van der Waals surface area contributed by atoms with Crippen molar-refractivity contribution in [3.63, 3.8) is 0 Å². The summed E-state index contributed by atoms with van der Waals surface area (Å²) in [6.45, 7) is 4.79. The van der Waals surface area contributed by atoms with Gasteiger partial charge >= 0.3 is 0 Å². The molecule has 7 atom stereocenters. The number of hydrogen-bond acceptors (Lipinski definition) is 3. The average Bonchev–Trinajstić information content (AvgIpc) is 3.08. The number of fused-ring (bicyclic) bond motifs is 5. The first-order chi connectivity index (χ1) is 14.3. The molecule has 1 aliphatic heterocycles. The molecule has 5 rings (SSSR count). The Labute approximate surface area is 179 Å². The standard InChI is InChI=1S/C25H33N3O2/c1-24-12-10-19-17(6-9-21-25(19,2)13-11-22(29)28(21)3)18(24)7-8-20(24)27-23(30)16-5-4-14-26-15-16/h4-5,11,13-15,17-21H,6-10,12H2,1-3H3,(H,27,30)/t17-,18-,19+,20?,21?,24-,25+/m0/s1. The molecule has 0 radical (unpaired) electrons. The third-order valence-corrected chi connectivity index (χ3v) is 9.36. The van der Waals surface area contributed by atoms with Crippen molar-refractivity contribution in [1.82, 2.24) is 15.2 Å². The molecule has 1 N–H and O–H groups in total. The van der Waals surface area contributed by atoms with Gasteiger partial charge in [0.05, 0.1) is 5.56 Å². The van der Waals surface area contributed by atoms with Crippen LogP contribution in [0.2, 0.25) is 0 Å². The van der Waals surface area contributed by atoms with E-state index in [0.29, 0.717) is 29.4 Å². The highest BCUT2D eigenvalue weighted by molar-refractivity contribution is 5.94. The molecule has 3 aliphatic carbocycles. The summed E-state index contributed by atoms with van der Waals surface area (Å²) in [4.78, 5) is 31.1. The average molecular weight is 408 g/mol. The molecule has 1 aromatic heterocycles. The van der Waals surface area contributed by atoms with Crippen LogP contribution in [0.15, 0.2) is 36.7 Å². The molecular formula is C25H33N3O2. The number of carbonyl (C=O) groups excluding carboxylic acids is 2. The van der Waals surface area contributed by atoms with Crippen molar-refractivity contribution in [1.29, 1.82) is 0 Å². The maximum atomic E-state index is 12.8. The van der Waals surface area contributed by atoms with Gasteiger partial charge in [-0.1, -0.05) is 19.9 Å². The van der Waals surface area contributed by atoms with Crippen LogP contribution < -0.4 is 5.32 Å². The highest BCUT2D eigenvalue weighted by Crippen LogP contribution is 2.63. The topological polar surface area (TPSA) is 62.3 Å². The van der Waals surface area contributed by atoms with Gasteiger partial charge in [-0.2, -0.15) is 0 Å². The predicted molar refractivity (Wildman–Crippen MR) is 116 cm³/mol. The van der Waals surface area contributed by atoms with Gasteiger partial charge in [-0.15, -0.1) is 0 Å². The molecule has 0 bridgehead atoms. The molecular weight excluding hydrogens is 374 g/mol. The molecule has 0 aromatic carbocycles. The van der Waals surface area contributed by atoms with Crippen LogP contribution in [0.25, 0.3) is 0 Å². The van der Waals surface area contributed by atoms with Crippen molar-refractivity contribution < 1.29 is 9.59 Å². The lowest BCUT2D eigenvalue weighted by molar-refractivity contribution is -0.138. The van der Waals surface area contributed by atoms with Gasteiger partial charge in [-0.05, 0) is 79.9 Å². The molecule has 3 saturated carbocycles. The molecule has 2 heterocycles. The number of rotatable bonds is 2. The molecule has 2 amide bonds. The first-order valence-electron chi connectivity index (χ1n) is 11.5. The second kappa shape index (κ2) is 6.93. The minimum atomic E-state index is 0.00289. The summed E-state index contributed by atoms with van der Waals surface area (Å²) in [5, 5.41) is 3.36. The molecule has 3 fully saturated rings. The van der Waals surface area contributed by atoms with Gasteiger partial charge in [-0.25, -0.2) is 0 Å². The second-order valence-corrected chi connectivity index (χ2v) is 10.5. The van der Waals surface area contributed by atoms with E-state index >= 15 is 0 Å². The number of likely N-dealkylation sites (N-methyl/N-ethyl adjacent to an activating group) is 1. The molecule has 5 heteroatoms. The number of nitrogens with one attached hydrogen (secondary N) is 1. The number of nitrogens with zero attached hydrogens (tertiary/aromatic N) is 2. The van der Waals surface area contributed by atoms with Gasteiger partial charge < -0.3 is 10.2 Å². The minimum absolute atomic E-state index is 0.00289. The van der Waals surface area contributed by atoms with Crippen LogP contribution in [0.3, 0.4) is 0 Å². The van der Waals surface area contributed by atoms with Gasteiger partial charge in [0, 0.05) is 36.9 Å². The van der Waals surface area contributed by atoms with Crippen LogP contribution in [-0.2, 0) is 4.79 Å². The maximum Gasteiger partial charge on any atom is 0.253 e. The fourth-order valence-corrected chi connectivity index (χ4v) is 7.71. The van der Waals surface area contributed by atoms with Gasteiger partial charge in [0.1, 0.15) is 0 Å². The van der Waals surface area contributed by atoms with E-state index in [4.69, 9.17) is 0 Å². The van der Waals surface area contributed by atoms with Crippen LogP contribution in [0.1, 0.15) is 62.7 Å². The van der Waals surface area contributed by atoms with Crippen molar-refractivity contribution in [2.24, 2.45) is 28.6 Å². The number of aromatic nitrogens is 1. The fourth-order valence-electron chi connectivity index (χ4n) is 7.71.